The minimum absolute atomic E-state index is 0.247. The number of aldehydes is 1. The first-order valence-electron chi connectivity index (χ1n) is 5.64. The number of carbonyl (C=O) groups excluding carboxylic acids is 1. The molecule has 0 aliphatic heterocycles. The highest BCUT2D eigenvalue weighted by molar-refractivity contribution is 5.74. The number of rotatable bonds is 5. The number of hydrogen-bond acceptors (Lipinski definition) is 2. The van der Waals surface area contributed by atoms with E-state index >= 15 is 0 Å². The number of hydrogen-bond donors (Lipinski definition) is 0. The van der Waals surface area contributed by atoms with E-state index in [2.05, 4.69) is 0 Å². The molecule has 2 nitrogen and oxygen atoms in total. The maximum Gasteiger partial charge on any atom is 0.150 e. The Kier molecular flexibility index (Phi) is 4.20. The van der Waals surface area contributed by atoms with E-state index in [-0.39, 0.29) is 5.82 Å². The lowest BCUT2D eigenvalue weighted by molar-refractivity contribution is 0.107. The average Bonchev–Trinajstić information content (AvgIpc) is 2.42. The highest BCUT2D eigenvalue weighted by Crippen LogP contribution is 2.08. The molecule has 0 fully saturated rings. The van der Waals surface area contributed by atoms with Crippen molar-refractivity contribution < 1.29 is 13.9 Å². The van der Waals surface area contributed by atoms with Crippen molar-refractivity contribution in [2.45, 2.75) is 13.2 Å². The molecule has 2 rings (SSSR count). The summed E-state index contributed by atoms with van der Waals surface area (Å²) in [7, 11) is 0. The van der Waals surface area contributed by atoms with Gasteiger partial charge in [0.25, 0.3) is 0 Å². The predicted octanol–water partition coefficient (Wildman–Crippen LogP) is 3.36. The van der Waals surface area contributed by atoms with Crippen LogP contribution in [0.5, 0.6) is 0 Å². The van der Waals surface area contributed by atoms with Gasteiger partial charge in [-0.05, 0) is 23.3 Å². The normalized spacial score (nSPS) is 10.3. The Morgan fingerprint density at radius 1 is 0.889 bits per heavy atom. The summed E-state index contributed by atoms with van der Waals surface area (Å²) < 4.78 is 18.2. The Labute approximate surface area is 105 Å². The fraction of sp³-hybridized carbons (Fsp3) is 0.133. The molecule has 2 aromatic carbocycles. The van der Waals surface area contributed by atoms with Gasteiger partial charge in [0, 0.05) is 5.56 Å². The van der Waals surface area contributed by atoms with Crippen LogP contribution in [-0.4, -0.2) is 6.29 Å². The maximum absolute atomic E-state index is 12.7. The molecule has 0 bridgehead atoms. The highest BCUT2D eigenvalue weighted by atomic mass is 19.1. The molecular weight excluding hydrogens is 231 g/mol. The summed E-state index contributed by atoms with van der Waals surface area (Å²) in [6, 6.07) is 13.4. The molecule has 92 valence electrons. The van der Waals surface area contributed by atoms with E-state index < -0.39 is 0 Å². The molecule has 0 amide bonds. The monoisotopic (exact) mass is 244 g/mol. The molecule has 0 aliphatic rings. The fourth-order valence-electron chi connectivity index (χ4n) is 1.56. The van der Waals surface area contributed by atoms with Crippen molar-refractivity contribution in [3.63, 3.8) is 0 Å². The molecule has 0 radical (unpaired) electrons. The van der Waals surface area contributed by atoms with E-state index in [1.807, 2.05) is 12.1 Å². The Morgan fingerprint density at radius 2 is 1.39 bits per heavy atom. The van der Waals surface area contributed by atoms with Crippen LogP contribution in [-0.2, 0) is 18.0 Å². The third kappa shape index (κ3) is 3.50. The van der Waals surface area contributed by atoms with Crippen LogP contribution in [0.2, 0.25) is 0 Å². The molecule has 0 aromatic heterocycles. The van der Waals surface area contributed by atoms with Crippen LogP contribution >= 0.6 is 0 Å². The summed E-state index contributed by atoms with van der Waals surface area (Å²) in [6.45, 7) is 0.909. The Bertz CT molecular complexity index is 503. The largest absolute Gasteiger partial charge is 0.372 e. The van der Waals surface area contributed by atoms with Crippen LogP contribution in [0.3, 0.4) is 0 Å². The number of halogens is 1. The van der Waals surface area contributed by atoms with Crippen LogP contribution in [0, 0.1) is 5.82 Å². The molecule has 0 spiro atoms. The van der Waals surface area contributed by atoms with Crippen LogP contribution in [0.4, 0.5) is 4.39 Å². The third-order valence-corrected chi connectivity index (χ3v) is 2.57. The minimum Gasteiger partial charge on any atom is -0.372 e. The van der Waals surface area contributed by atoms with Crippen LogP contribution in [0.1, 0.15) is 21.5 Å². The third-order valence-electron chi connectivity index (χ3n) is 2.57. The van der Waals surface area contributed by atoms with Gasteiger partial charge in [-0.3, -0.25) is 4.79 Å². The van der Waals surface area contributed by atoms with Gasteiger partial charge < -0.3 is 4.74 Å². The van der Waals surface area contributed by atoms with E-state index in [1.54, 1.807) is 24.3 Å². The Morgan fingerprint density at radius 3 is 1.89 bits per heavy atom. The summed E-state index contributed by atoms with van der Waals surface area (Å²) >= 11 is 0. The van der Waals surface area contributed by atoms with E-state index in [0.29, 0.717) is 18.8 Å². The lowest BCUT2D eigenvalue weighted by Crippen LogP contribution is -1.94. The fourth-order valence-corrected chi connectivity index (χ4v) is 1.56. The first-order valence-corrected chi connectivity index (χ1v) is 5.64. The van der Waals surface area contributed by atoms with Gasteiger partial charge in [-0.2, -0.15) is 0 Å². The Hall–Kier alpha value is -2.00. The van der Waals surface area contributed by atoms with Crippen molar-refractivity contribution in [3.05, 3.63) is 71.0 Å². The van der Waals surface area contributed by atoms with Gasteiger partial charge in [0.15, 0.2) is 0 Å². The average molecular weight is 244 g/mol. The molecule has 0 heterocycles. The van der Waals surface area contributed by atoms with E-state index in [1.165, 1.54) is 12.1 Å². The predicted molar refractivity (Wildman–Crippen MR) is 66.7 cm³/mol. The number of ether oxygens (including phenoxy) is 1. The van der Waals surface area contributed by atoms with Gasteiger partial charge in [-0.15, -0.1) is 0 Å². The summed E-state index contributed by atoms with van der Waals surface area (Å²) in [5.41, 5.74) is 2.58. The maximum atomic E-state index is 12.7. The molecule has 0 saturated heterocycles. The molecule has 0 aliphatic carbocycles. The van der Waals surface area contributed by atoms with Gasteiger partial charge >= 0.3 is 0 Å². The summed E-state index contributed by atoms with van der Waals surface area (Å²) in [5, 5.41) is 0. The standard InChI is InChI=1S/C15H13FO2/c16-15-7-5-14(6-8-15)11-18-10-13-3-1-12(9-17)2-4-13/h1-9H,10-11H2. The zero-order valence-electron chi connectivity index (χ0n) is 9.80. The van der Waals surface area contributed by atoms with Gasteiger partial charge in [-0.1, -0.05) is 36.4 Å². The van der Waals surface area contributed by atoms with Crippen molar-refractivity contribution in [1.29, 1.82) is 0 Å². The zero-order chi connectivity index (χ0) is 12.8. The first-order chi connectivity index (χ1) is 8.78. The topological polar surface area (TPSA) is 26.3 Å². The van der Waals surface area contributed by atoms with Crippen molar-refractivity contribution in [1.82, 2.24) is 0 Å². The molecule has 3 heteroatoms. The summed E-state index contributed by atoms with van der Waals surface area (Å²) in [5.74, 6) is -0.247. The van der Waals surface area contributed by atoms with Gasteiger partial charge in [0.1, 0.15) is 12.1 Å². The van der Waals surface area contributed by atoms with E-state index in [9.17, 15) is 9.18 Å². The highest BCUT2D eigenvalue weighted by Gasteiger charge is 1.97. The van der Waals surface area contributed by atoms with Crippen molar-refractivity contribution in [2.24, 2.45) is 0 Å². The summed E-state index contributed by atoms with van der Waals surface area (Å²) in [6.07, 6.45) is 0.809. The molecule has 0 unspecified atom stereocenters. The molecule has 0 saturated carbocycles. The van der Waals surface area contributed by atoms with Crippen LogP contribution in [0.25, 0.3) is 0 Å². The van der Waals surface area contributed by atoms with Gasteiger partial charge in [0.05, 0.1) is 13.2 Å². The molecule has 0 atom stereocenters. The second kappa shape index (κ2) is 6.07. The van der Waals surface area contributed by atoms with E-state index in [0.717, 1.165) is 17.4 Å². The smallest absolute Gasteiger partial charge is 0.150 e. The Balaban J connectivity index is 1.84. The second-order valence-electron chi connectivity index (χ2n) is 3.98. The van der Waals surface area contributed by atoms with Crippen molar-refractivity contribution >= 4 is 6.29 Å². The molecule has 0 N–H and O–H groups in total. The SMILES string of the molecule is O=Cc1ccc(COCc2ccc(F)cc2)cc1. The number of carbonyl (C=O) groups is 1. The quantitative estimate of drug-likeness (QED) is 0.754. The zero-order valence-corrected chi connectivity index (χ0v) is 9.80. The van der Waals surface area contributed by atoms with E-state index in [4.69, 9.17) is 4.74 Å². The molecule has 2 aromatic rings. The van der Waals surface area contributed by atoms with Crippen LogP contribution in [0.15, 0.2) is 48.5 Å². The van der Waals surface area contributed by atoms with Crippen molar-refractivity contribution in [2.75, 3.05) is 0 Å². The molecule has 18 heavy (non-hydrogen) atoms. The van der Waals surface area contributed by atoms with Gasteiger partial charge in [0.2, 0.25) is 0 Å². The lowest BCUT2D eigenvalue weighted by Gasteiger charge is -2.04. The lowest BCUT2D eigenvalue weighted by atomic mass is 10.1. The van der Waals surface area contributed by atoms with Gasteiger partial charge in [-0.25, -0.2) is 4.39 Å². The minimum atomic E-state index is -0.247. The second-order valence-corrected chi connectivity index (χ2v) is 3.98. The van der Waals surface area contributed by atoms with Crippen molar-refractivity contribution in [3.8, 4) is 0 Å². The molecular formula is C15H13FO2. The first kappa shape index (κ1) is 12.5. The number of benzene rings is 2. The van der Waals surface area contributed by atoms with Crippen LogP contribution < -0.4 is 0 Å². The summed E-state index contributed by atoms with van der Waals surface area (Å²) in [4.78, 5) is 10.5.